The lowest BCUT2D eigenvalue weighted by Crippen LogP contribution is -2.07. The lowest BCUT2D eigenvalue weighted by Gasteiger charge is -2.13. The summed E-state index contributed by atoms with van der Waals surface area (Å²) in [4.78, 5) is 0. The second-order valence-electron chi connectivity index (χ2n) is 4.33. The fourth-order valence-corrected chi connectivity index (χ4v) is 2.51. The van der Waals surface area contributed by atoms with Gasteiger partial charge in [0.25, 0.3) is 0 Å². The fraction of sp³-hybridized carbons (Fsp3) is 0.143. The van der Waals surface area contributed by atoms with Crippen molar-refractivity contribution in [2.24, 2.45) is 0 Å². The molecule has 0 aliphatic heterocycles. The lowest BCUT2D eigenvalue weighted by molar-refractivity contribution is -0.137. The number of hydrogen-bond acceptors (Lipinski definition) is 2. The number of rotatable bonds is 3. The third-order valence-corrected chi connectivity index (χ3v) is 4.12. The van der Waals surface area contributed by atoms with Crippen molar-refractivity contribution in [2.75, 3.05) is 5.32 Å². The molecular weight excluding hydrogens is 415 g/mol. The number of alkyl halides is 3. The van der Waals surface area contributed by atoms with Gasteiger partial charge in [0.05, 0.1) is 10.0 Å². The van der Waals surface area contributed by atoms with E-state index in [-0.39, 0.29) is 5.75 Å². The zero-order chi connectivity index (χ0) is 15.6. The maximum absolute atomic E-state index is 12.7. The van der Waals surface area contributed by atoms with Crippen molar-refractivity contribution < 1.29 is 18.3 Å². The molecule has 2 aromatic carbocycles. The highest BCUT2D eigenvalue weighted by Crippen LogP contribution is 2.34. The molecule has 0 aromatic heterocycles. The second-order valence-corrected chi connectivity index (χ2v) is 6.04. The van der Waals surface area contributed by atoms with E-state index in [1.165, 1.54) is 12.1 Å². The summed E-state index contributed by atoms with van der Waals surface area (Å²) < 4.78 is 39.1. The van der Waals surface area contributed by atoms with Crippen molar-refractivity contribution >= 4 is 37.5 Å². The van der Waals surface area contributed by atoms with Crippen molar-refractivity contribution in [1.82, 2.24) is 0 Å². The van der Waals surface area contributed by atoms with Gasteiger partial charge in [-0.2, -0.15) is 13.2 Å². The lowest BCUT2D eigenvalue weighted by atomic mass is 10.1. The zero-order valence-corrected chi connectivity index (χ0v) is 13.7. The van der Waals surface area contributed by atoms with Crippen LogP contribution >= 0.6 is 31.9 Å². The molecule has 0 saturated heterocycles. The molecule has 0 spiro atoms. The van der Waals surface area contributed by atoms with Crippen LogP contribution in [0.2, 0.25) is 0 Å². The van der Waals surface area contributed by atoms with E-state index >= 15 is 0 Å². The van der Waals surface area contributed by atoms with Gasteiger partial charge in [-0.25, -0.2) is 0 Å². The summed E-state index contributed by atoms with van der Waals surface area (Å²) in [5, 5.41) is 12.3. The van der Waals surface area contributed by atoms with Crippen LogP contribution in [0.3, 0.4) is 0 Å². The molecule has 21 heavy (non-hydrogen) atoms. The quantitative estimate of drug-likeness (QED) is 0.677. The molecule has 0 saturated carbocycles. The van der Waals surface area contributed by atoms with Crippen LogP contribution in [0.1, 0.15) is 11.1 Å². The van der Waals surface area contributed by atoms with Crippen LogP contribution in [0.4, 0.5) is 18.9 Å². The molecule has 2 rings (SSSR count). The Bertz CT molecular complexity index is 659. The summed E-state index contributed by atoms with van der Waals surface area (Å²) in [7, 11) is 0. The van der Waals surface area contributed by atoms with E-state index in [4.69, 9.17) is 0 Å². The number of phenols is 1. The van der Waals surface area contributed by atoms with E-state index in [2.05, 4.69) is 37.2 Å². The molecule has 0 heterocycles. The highest BCUT2D eigenvalue weighted by Gasteiger charge is 2.30. The Morgan fingerprint density at radius 3 is 2.33 bits per heavy atom. The highest BCUT2D eigenvalue weighted by molar-refractivity contribution is 9.11. The summed E-state index contributed by atoms with van der Waals surface area (Å²) in [6.07, 6.45) is -4.38. The third-order valence-electron chi connectivity index (χ3n) is 2.79. The van der Waals surface area contributed by atoms with Crippen molar-refractivity contribution in [2.45, 2.75) is 12.7 Å². The largest absolute Gasteiger partial charge is 0.507 e. The fourth-order valence-electron chi connectivity index (χ4n) is 1.69. The molecule has 0 aliphatic rings. The molecule has 0 amide bonds. The van der Waals surface area contributed by atoms with Crippen LogP contribution in [0.25, 0.3) is 0 Å². The average Bonchev–Trinajstić information content (AvgIpc) is 2.40. The molecule has 0 bridgehead atoms. The predicted molar refractivity (Wildman–Crippen MR) is 82.3 cm³/mol. The van der Waals surface area contributed by atoms with Crippen LogP contribution < -0.4 is 5.32 Å². The SMILES string of the molecule is Oc1ccc(CNc2cc(C(F)(F)F)ccc2Br)cc1Br. The number of hydrogen-bond donors (Lipinski definition) is 2. The van der Waals surface area contributed by atoms with E-state index in [1.807, 2.05) is 0 Å². The first-order chi connectivity index (χ1) is 9.77. The predicted octanol–water partition coefficient (Wildman–Crippen LogP) is 5.55. The minimum atomic E-state index is -4.38. The second kappa shape index (κ2) is 6.27. The van der Waals surface area contributed by atoms with E-state index in [0.29, 0.717) is 21.2 Å². The smallest absolute Gasteiger partial charge is 0.416 e. The molecule has 0 fully saturated rings. The number of nitrogens with one attached hydrogen (secondary N) is 1. The van der Waals surface area contributed by atoms with E-state index in [9.17, 15) is 18.3 Å². The molecule has 0 radical (unpaired) electrons. The Morgan fingerprint density at radius 2 is 1.71 bits per heavy atom. The number of anilines is 1. The van der Waals surface area contributed by atoms with Crippen molar-refractivity contribution in [3.8, 4) is 5.75 Å². The number of benzene rings is 2. The van der Waals surface area contributed by atoms with Crippen LogP contribution in [-0.2, 0) is 12.7 Å². The molecule has 0 atom stereocenters. The van der Waals surface area contributed by atoms with Crippen LogP contribution in [0, 0.1) is 0 Å². The van der Waals surface area contributed by atoms with Crippen molar-refractivity contribution in [3.05, 3.63) is 56.5 Å². The number of aromatic hydroxyl groups is 1. The molecule has 112 valence electrons. The minimum absolute atomic E-state index is 0.110. The van der Waals surface area contributed by atoms with Gasteiger partial charge < -0.3 is 10.4 Å². The third kappa shape index (κ3) is 4.14. The van der Waals surface area contributed by atoms with Crippen molar-refractivity contribution in [1.29, 1.82) is 0 Å². The first kappa shape index (κ1) is 16.2. The summed E-state index contributed by atoms with van der Waals surface area (Å²) in [6, 6.07) is 8.34. The summed E-state index contributed by atoms with van der Waals surface area (Å²) in [6.45, 7) is 0.332. The molecule has 0 aliphatic carbocycles. The van der Waals surface area contributed by atoms with Gasteiger partial charge in [0, 0.05) is 16.7 Å². The average molecular weight is 425 g/mol. The number of phenolic OH excluding ortho intramolecular Hbond substituents is 1. The molecule has 7 heteroatoms. The van der Waals surface area contributed by atoms with Crippen LogP contribution in [0.5, 0.6) is 5.75 Å². The normalized spacial score (nSPS) is 11.5. The van der Waals surface area contributed by atoms with Gasteiger partial charge in [0.15, 0.2) is 0 Å². The molecular formula is C14H10Br2F3NO. The van der Waals surface area contributed by atoms with Gasteiger partial charge in [-0.1, -0.05) is 6.07 Å². The summed E-state index contributed by atoms with van der Waals surface area (Å²) >= 11 is 6.41. The molecule has 0 unspecified atom stereocenters. The van der Waals surface area contributed by atoms with Gasteiger partial charge in [0.2, 0.25) is 0 Å². The van der Waals surface area contributed by atoms with Crippen LogP contribution in [0.15, 0.2) is 45.3 Å². The van der Waals surface area contributed by atoms with Gasteiger partial charge in [-0.05, 0) is 67.8 Å². The molecule has 2 aromatic rings. The minimum Gasteiger partial charge on any atom is -0.507 e. The van der Waals surface area contributed by atoms with Gasteiger partial charge in [-0.3, -0.25) is 0 Å². The Morgan fingerprint density at radius 1 is 1.00 bits per heavy atom. The first-order valence-electron chi connectivity index (χ1n) is 5.85. The van der Waals surface area contributed by atoms with Gasteiger partial charge in [0.1, 0.15) is 5.75 Å². The standard InChI is InChI=1S/C14H10Br2F3NO/c15-10-3-2-9(14(17,18)19)6-12(10)20-7-8-1-4-13(21)11(16)5-8/h1-6,20-21H,7H2. The first-order valence-corrected chi connectivity index (χ1v) is 7.44. The Balaban J connectivity index is 2.17. The van der Waals surface area contributed by atoms with Gasteiger partial charge in [-0.15, -0.1) is 0 Å². The molecule has 2 N–H and O–H groups in total. The van der Waals surface area contributed by atoms with Crippen LogP contribution in [-0.4, -0.2) is 5.11 Å². The van der Waals surface area contributed by atoms with Gasteiger partial charge >= 0.3 is 6.18 Å². The topological polar surface area (TPSA) is 32.3 Å². The zero-order valence-electron chi connectivity index (χ0n) is 10.5. The Hall–Kier alpha value is -1.21. The Labute approximate surface area is 136 Å². The van der Waals surface area contributed by atoms with Crippen molar-refractivity contribution in [3.63, 3.8) is 0 Å². The van der Waals surface area contributed by atoms with E-state index in [0.717, 1.165) is 17.7 Å². The molecule has 2 nitrogen and oxygen atoms in total. The Kier molecular flexibility index (Phi) is 4.83. The maximum Gasteiger partial charge on any atom is 0.416 e. The summed E-state index contributed by atoms with van der Waals surface area (Å²) in [5.74, 6) is 0.110. The number of halogens is 5. The van der Waals surface area contributed by atoms with E-state index < -0.39 is 11.7 Å². The highest BCUT2D eigenvalue weighted by atomic mass is 79.9. The summed E-state index contributed by atoms with van der Waals surface area (Å²) in [5.41, 5.74) is 0.470. The monoisotopic (exact) mass is 423 g/mol. The van der Waals surface area contributed by atoms with E-state index in [1.54, 1.807) is 12.1 Å². The maximum atomic E-state index is 12.7.